The Balaban J connectivity index is 1.24. The molecule has 0 aliphatic rings. The Bertz CT molecular complexity index is 1630. The summed E-state index contributed by atoms with van der Waals surface area (Å²) in [5.41, 5.74) is 4.84. The molecule has 5 aromatic rings. The lowest BCUT2D eigenvalue weighted by Gasteiger charge is -2.10. The van der Waals surface area contributed by atoms with E-state index in [1.807, 2.05) is 85.1 Å². The molecule has 0 radical (unpaired) electrons. The van der Waals surface area contributed by atoms with Crippen LogP contribution in [0.15, 0.2) is 83.3 Å². The number of amides is 1. The molecule has 1 N–H and O–H groups in total. The molecule has 42 heavy (non-hydrogen) atoms. The minimum Gasteiger partial charge on any atom is -0.497 e. The molecule has 214 valence electrons. The smallest absolute Gasteiger partial charge is 0.226 e. The van der Waals surface area contributed by atoms with Crippen LogP contribution in [-0.2, 0) is 4.79 Å². The topological polar surface area (TPSA) is 108 Å². The zero-order valence-electron chi connectivity index (χ0n) is 23.4. The normalized spacial score (nSPS) is 10.7. The number of aromatic nitrogens is 4. The lowest BCUT2D eigenvalue weighted by atomic mass is 10.0. The van der Waals surface area contributed by atoms with Crippen LogP contribution in [0.1, 0.15) is 13.3 Å². The maximum atomic E-state index is 12.7. The second kappa shape index (κ2) is 13.9. The van der Waals surface area contributed by atoms with E-state index in [9.17, 15) is 4.79 Å². The van der Waals surface area contributed by atoms with Gasteiger partial charge in [0.15, 0.2) is 5.13 Å². The van der Waals surface area contributed by atoms with Crippen molar-refractivity contribution in [1.29, 1.82) is 0 Å². The number of thioether (sulfide) groups is 1. The van der Waals surface area contributed by atoms with Gasteiger partial charge in [-0.2, -0.15) is 0 Å². The van der Waals surface area contributed by atoms with Crippen molar-refractivity contribution in [3.63, 3.8) is 0 Å². The van der Waals surface area contributed by atoms with Crippen molar-refractivity contribution in [2.24, 2.45) is 0 Å². The number of methoxy groups -OCH3 is 2. The van der Waals surface area contributed by atoms with Gasteiger partial charge in [0.05, 0.1) is 26.5 Å². The minimum absolute atomic E-state index is 0.131. The van der Waals surface area contributed by atoms with Gasteiger partial charge in [-0.05, 0) is 79.7 Å². The highest BCUT2D eigenvalue weighted by molar-refractivity contribution is 7.99. The number of hydrogen-bond acceptors (Lipinski definition) is 10. The predicted molar refractivity (Wildman–Crippen MR) is 166 cm³/mol. The lowest BCUT2D eigenvalue weighted by Crippen LogP contribution is -2.12. The average Bonchev–Trinajstić information content (AvgIpc) is 3.50. The quantitative estimate of drug-likeness (QED) is 0.154. The Kier molecular flexibility index (Phi) is 9.62. The molecule has 0 aliphatic heterocycles. The molecule has 11 heteroatoms. The van der Waals surface area contributed by atoms with E-state index in [2.05, 4.69) is 20.5 Å². The van der Waals surface area contributed by atoms with Gasteiger partial charge in [0.25, 0.3) is 0 Å². The third kappa shape index (κ3) is 7.23. The van der Waals surface area contributed by atoms with E-state index in [0.717, 1.165) is 39.6 Å². The van der Waals surface area contributed by atoms with Gasteiger partial charge in [0, 0.05) is 34.2 Å². The summed E-state index contributed by atoms with van der Waals surface area (Å²) < 4.78 is 16.1. The zero-order chi connectivity index (χ0) is 29.3. The number of rotatable bonds is 12. The van der Waals surface area contributed by atoms with E-state index in [1.165, 1.54) is 23.1 Å². The van der Waals surface area contributed by atoms with E-state index in [1.54, 1.807) is 14.2 Å². The first-order valence-electron chi connectivity index (χ1n) is 13.2. The zero-order valence-corrected chi connectivity index (χ0v) is 25.0. The number of nitrogens with zero attached hydrogens (tertiary/aromatic N) is 4. The van der Waals surface area contributed by atoms with Crippen molar-refractivity contribution in [2.75, 3.05) is 31.9 Å². The van der Waals surface area contributed by atoms with Gasteiger partial charge in [0.2, 0.25) is 11.1 Å². The third-order valence-electron chi connectivity index (χ3n) is 6.17. The summed E-state index contributed by atoms with van der Waals surface area (Å²) in [4.78, 5) is 22.0. The molecule has 2 aromatic heterocycles. The van der Waals surface area contributed by atoms with Crippen LogP contribution < -0.4 is 19.5 Å². The van der Waals surface area contributed by atoms with Gasteiger partial charge in [-0.25, -0.2) is 9.97 Å². The van der Waals surface area contributed by atoms with Crippen LogP contribution in [0.5, 0.6) is 17.2 Å². The summed E-state index contributed by atoms with van der Waals surface area (Å²) in [7, 11) is 3.26. The van der Waals surface area contributed by atoms with Crippen LogP contribution in [-0.4, -0.2) is 52.7 Å². The summed E-state index contributed by atoms with van der Waals surface area (Å²) in [6.45, 7) is 2.57. The second-order valence-corrected chi connectivity index (χ2v) is 10.8. The highest BCUT2D eigenvalue weighted by Crippen LogP contribution is 2.32. The van der Waals surface area contributed by atoms with Crippen LogP contribution >= 0.6 is 23.1 Å². The molecule has 1 amide bonds. The van der Waals surface area contributed by atoms with Gasteiger partial charge >= 0.3 is 0 Å². The molecule has 0 fully saturated rings. The highest BCUT2D eigenvalue weighted by atomic mass is 32.2. The van der Waals surface area contributed by atoms with Crippen molar-refractivity contribution in [1.82, 2.24) is 20.2 Å². The molecule has 0 saturated carbocycles. The van der Waals surface area contributed by atoms with E-state index >= 15 is 0 Å². The van der Waals surface area contributed by atoms with E-state index < -0.39 is 0 Å². The molecule has 9 nitrogen and oxygen atoms in total. The average molecular weight is 600 g/mol. The summed E-state index contributed by atoms with van der Waals surface area (Å²) >= 11 is 2.76. The Labute approximate surface area is 252 Å². The first-order chi connectivity index (χ1) is 20.6. The van der Waals surface area contributed by atoms with Crippen LogP contribution in [0, 0.1) is 0 Å². The fraction of sp³-hybridized carbons (Fsp3) is 0.194. The Hall–Kier alpha value is -4.48. The molecule has 5 rings (SSSR count). The maximum Gasteiger partial charge on any atom is 0.226 e. The lowest BCUT2D eigenvalue weighted by molar-refractivity contribution is -0.115. The number of benzene rings is 3. The summed E-state index contributed by atoms with van der Waals surface area (Å²) in [6, 6.07) is 23.0. The summed E-state index contributed by atoms with van der Waals surface area (Å²) in [6.07, 6.45) is 0.268. The van der Waals surface area contributed by atoms with Crippen molar-refractivity contribution in [2.45, 2.75) is 18.5 Å². The standard InChI is InChI=1S/C31H29N5O4S2/c1-4-40-25-15-5-20(6-16-25)26-19-42-30(32-26)33-27(37)17-18-41-31-34-28(21-7-11-23(38-2)12-8-21)29(35-36-31)22-9-13-24(39-3)14-10-22/h5-16,19H,4,17-18H2,1-3H3,(H,32,33,37). The van der Waals surface area contributed by atoms with Crippen LogP contribution in [0.3, 0.4) is 0 Å². The van der Waals surface area contributed by atoms with E-state index in [-0.39, 0.29) is 12.3 Å². The Morgan fingerprint density at radius 3 is 2.00 bits per heavy atom. The predicted octanol–water partition coefficient (Wildman–Crippen LogP) is 6.87. The first kappa shape index (κ1) is 29.0. The highest BCUT2D eigenvalue weighted by Gasteiger charge is 2.15. The number of ether oxygens (including phenoxy) is 3. The van der Waals surface area contributed by atoms with Crippen LogP contribution in [0.25, 0.3) is 33.8 Å². The monoisotopic (exact) mass is 599 g/mol. The summed E-state index contributed by atoms with van der Waals surface area (Å²) in [5.74, 6) is 2.66. The van der Waals surface area contributed by atoms with Crippen molar-refractivity contribution < 1.29 is 19.0 Å². The largest absolute Gasteiger partial charge is 0.497 e. The van der Waals surface area contributed by atoms with Gasteiger partial charge in [-0.3, -0.25) is 4.79 Å². The molecule has 0 spiro atoms. The first-order valence-corrected chi connectivity index (χ1v) is 15.1. The van der Waals surface area contributed by atoms with Gasteiger partial charge in [-0.15, -0.1) is 21.5 Å². The van der Waals surface area contributed by atoms with Crippen molar-refractivity contribution >= 4 is 34.1 Å². The molecule has 0 bridgehead atoms. The molecular formula is C31H29N5O4S2. The molecule has 3 aromatic carbocycles. The van der Waals surface area contributed by atoms with Gasteiger partial charge in [0.1, 0.15) is 28.6 Å². The van der Waals surface area contributed by atoms with E-state index in [4.69, 9.17) is 19.2 Å². The van der Waals surface area contributed by atoms with Gasteiger partial charge < -0.3 is 19.5 Å². The van der Waals surface area contributed by atoms with Gasteiger partial charge in [-0.1, -0.05) is 11.8 Å². The number of carbonyl (C=O) groups is 1. The van der Waals surface area contributed by atoms with Crippen molar-refractivity contribution in [3.8, 4) is 51.0 Å². The SMILES string of the molecule is CCOc1ccc(-c2csc(NC(=O)CCSc3nnc(-c4ccc(OC)cc4)c(-c4ccc(OC)cc4)n3)n2)cc1. The van der Waals surface area contributed by atoms with Crippen LogP contribution in [0.2, 0.25) is 0 Å². The summed E-state index contributed by atoms with van der Waals surface area (Å²) in [5, 5.41) is 14.7. The molecule has 0 atom stereocenters. The molecule has 0 aliphatic carbocycles. The Morgan fingerprint density at radius 1 is 0.786 bits per heavy atom. The molecule has 0 saturated heterocycles. The Morgan fingerprint density at radius 2 is 1.38 bits per heavy atom. The van der Waals surface area contributed by atoms with Crippen molar-refractivity contribution in [3.05, 3.63) is 78.2 Å². The maximum absolute atomic E-state index is 12.7. The minimum atomic E-state index is -0.131. The molecule has 0 unspecified atom stereocenters. The molecular weight excluding hydrogens is 571 g/mol. The second-order valence-electron chi connectivity index (χ2n) is 8.89. The number of carbonyl (C=O) groups excluding carboxylic acids is 1. The number of anilines is 1. The fourth-order valence-corrected chi connectivity index (χ4v) is 5.50. The number of thiazole rings is 1. The number of hydrogen-bond donors (Lipinski definition) is 1. The molecule has 2 heterocycles. The van der Waals surface area contributed by atoms with E-state index in [0.29, 0.717) is 34.0 Å². The number of nitrogens with one attached hydrogen (secondary N) is 1. The van der Waals surface area contributed by atoms with Crippen LogP contribution in [0.4, 0.5) is 5.13 Å². The fourth-order valence-electron chi connectivity index (χ4n) is 4.03. The third-order valence-corrected chi connectivity index (χ3v) is 7.76.